The lowest BCUT2D eigenvalue weighted by Gasteiger charge is -2.23. The van der Waals surface area contributed by atoms with Crippen LogP contribution in [0.3, 0.4) is 0 Å². The maximum absolute atomic E-state index is 11.7. The van der Waals surface area contributed by atoms with Crippen LogP contribution in [0.5, 0.6) is 0 Å². The minimum atomic E-state index is -2.84. The SMILES string of the molecule is C=C(C)CN=C(NCC1CCS(=O)(=O)C1)N1CCC(c2ccccc2)C1. The van der Waals surface area contributed by atoms with Crippen LogP contribution in [-0.2, 0) is 9.84 Å². The molecule has 0 radical (unpaired) electrons. The molecule has 0 saturated carbocycles. The normalized spacial score (nSPS) is 25.4. The van der Waals surface area contributed by atoms with Crippen molar-refractivity contribution >= 4 is 15.8 Å². The van der Waals surface area contributed by atoms with Gasteiger partial charge in [-0.1, -0.05) is 42.5 Å². The predicted molar refractivity (Wildman–Crippen MR) is 107 cm³/mol. The van der Waals surface area contributed by atoms with Crippen LogP contribution in [0.1, 0.15) is 31.2 Å². The summed E-state index contributed by atoms with van der Waals surface area (Å²) in [7, 11) is -2.84. The molecule has 2 heterocycles. The van der Waals surface area contributed by atoms with Crippen molar-refractivity contribution in [3.8, 4) is 0 Å². The molecule has 2 unspecified atom stereocenters. The molecular weight excluding hydrogens is 346 g/mol. The lowest BCUT2D eigenvalue weighted by Crippen LogP contribution is -2.42. The second-order valence-electron chi connectivity index (χ2n) is 7.59. The Labute approximate surface area is 157 Å². The van der Waals surface area contributed by atoms with Crippen molar-refractivity contribution in [1.82, 2.24) is 10.2 Å². The largest absolute Gasteiger partial charge is 0.356 e. The first-order valence-electron chi connectivity index (χ1n) is 9.36. The van der Waals surface area contributed by atoms with E-state index >= 15 is 0 Å². The molecule has 6 heteroatoms. The maximum atomic E-state index is 11.7. The Morgan fingerprint density at radius 3 is 2.73 bits per heavy atom. The molecule has 2 aliphatic heterocycles. The summed E-state index contributed by atoms with van der Waals surface area (Å²) < 4.78 is 23.4. The van der Waals surface area contributed by atoms with Crippen LogP contribution in [0.4, 0.5) is 0 Å². The zero-order valence-electron chi connectivity index (χ0n) is 15.5. The number of nitrogens with one attached hydrogen (secondary N) is 1. The second kappa shape index (κ2) is 8.25. The van der Waals surface area contributed by atoms with Gasteiger partial charge >= 0.3 is 0 Å². The third-order valence-corrected chi connectivity index (χ3v) is 6.97. The van der Waals surface area contributed by atoms with E-state index < -0.39 is 9.84 Å². The fourth-order valence-corrected chi connectivity index (χ4v) is 5.56. The maximum Gasteiger partial charge on any atom is 0.194 e. The first kappa shape index (κ1) is 19.0. The zero-order valence-corrected chi connectivity index (χ0v) is 16.3. The number of benzene rings is 1. The van der Waals surface area contributed by atoms with Gasteiger partial charge < -0.3 is 10.2 Å². The number of sulfone groups is 1. The fraction of sp³-hybridized carbons (Fsp3) is 0.550. The topological polar surface area (TPSA) is 61.8 Å². The molecule has 1 aromatic carbocycles. The molecule has 2 fully saturated rings. The van der Waals surface area contributed by atoms with Crippen LogP contribution in [0.15, 0.2) is 47.5 Å². The van der Waals surface area contributed by atoms with Gasteiger partial charge in [0, 0.05) is 25.6 Å². The lowest BCUT2D eigenvalue weighted by molar-refractivity contribution is 0.470. The van der Waals surface area contributed by atoms with Crippen molar-refractivity contribution in [3.63, 3.8) is 0 Å². The van der Waals surface area contributed by atoms with Crippen molar-refractivity contribution in [2.75, 3.05) is 37.7 Å². The van der Waals surface area contributed by atoms with E-state index in [0.29, 0.717) is 30.5 Å². The first-order valence-corrected chi connectivity index (χ1v) is 11.2. The van der Waals surface area contributed by atoms with Gasteiger partial charge in [0.1, 0.15) is 0 Å². The highest BCUT2D eigenvalue weighted by atomic mass is 32.2. The van der Waals surface area contributed by atoms with Crippen molar-refractivity contribution in [1.29, 1.82) is 0 Å². The number of rotatable bonds is 5. The third kappa shape index (κ3) is 5.10. The summed E-state index contributed by atoms with van der Waals surface area (Å²) in [5, 5.41) is 3.44. The summed E-state index contributed by atoms with van der Waals surface area (Å²) in [4.78, 5) is 7.01. The average Bonchev–Trinajstić information content (AvgIpc) is 3.22. The second-order valence-corrected chi connectivity index (χ2v) is 9.82. The molecule has 1 N–H and O–H groups in total. The smallest absolute Gasteiger partial charge is 0.194 e. The van der Waals surface area contributed by atoms with Crippen LogP contribution in [-0.4, -0.2) is 57.0 Å². The van der Waals surface area contributed by atoms with E-state index in [2.05, 4.69) is 41.1 Å². The Balaban J connectivity index is 1.63. The van der Waals surface area contributed by atoms with Crippen molar-refractivity contribution in [3.05, 3.63) is 48.0 Å². The number of nitrogens with zero attached hydrogens (tertiary/aromatic N) is 2. The van der Waals surface area contributed by atoms with Crippen LogP contribution >= 0.6 is 0 Å². The van der Waals surface area contributed by atoms with Crippen LogP contribution < -0.4 is 5.32 Å². The minimum Gasteiger partial charge on any atom is -0.356 e. The van der Waals surface area contributed by atoms with Gasteiger partial charge in [0.2, 0.25) is 0 Å². The highest BCUT2D eigenvalue weighted by Crippen LogP contribution is 2.27. The third-order valence-electron chi connectivity index (χ3n) is 5.13. The molecule has 5 nitrogen and oxygen atoms in total. The fourth-order valence-electron chi connectivity index (χ4n) is 3.70. The molecule has 0 aromatic heterocycles. The lowest BCUT2D eigenvalue weighted by atomic mass is 9.99. The van der Waals surface area contributed by atoms with E-state index in [1.165, 1.54) is 5.56 Å². The highest BCUT2D eigenvalue weighted by molar-refractivity contribution is 7.91. The summed E-state index contributed by atoms with van der Waals surface area (Å²) >= 11 is 0. The summed E-state index contributed by atoms with van der Waals surface area (Å²) in [6.45, 7) is 9.08. The molecule has 26 heavy (non-hydrogen) atoms. The van der Waals surface area contributed by atoms with Gasteiger partial charge in [-0.2, -0.15) is 0 Å². The molecule has 0 amide bonds. The van der Waals surface area contributed by atoms with Crippen molar-refractivity contribution < 1.29 is 8.42 Å². The van der Waals surface area contributed by atoms with E-state index in [1.807, 2.05) is 13.0 Å². The molecule has 0 bridgehead atoms. The molecule has 2 atom stereocenters. The Morgan fingerprint density at radius 1 is 1.31 bits per heavy atom. The van der Waals surface area contributed by atoms with Gasteiger partial charge in [-0.25, -0.2) is 13.4 Å². The predicted octanol–water partition coefficient (Wildman–Crippen LogP) is 2.43. The molecule has 3 rings (SSSR count). The van der Waals surface area contributed by atoms with Gasteiger partial charge in [0.25, 0.3) is 0 Å². The number of guanidine groups is 1. The van der Waals surface area contributed by atoms with Gasteiger partial charge in [0.15, 0.2) is 15.8 Å². The molecule has 1 aromatic rings. The minimum absolute atomic E-state index is 0.183. The van der Waals surface area contributed by atoms with E-state index in [4.69, 9.17) is 4.99 Å². The Morgan fingerprint density at radius 2 is 2.08 bits per heavy atom. The molecule has 2 saturated heterocycles. The Kier molecular flexibility index (Phi) is 6.01. The van der Waals surface area contributed by atoms with Gasteiger partial charge in [-0.05, 0) is 31.2 Å². The van der Waals surface area contributed by atoms with Crippen LogP contribution in [0.25, 0.3) is 0 Å². The van der Waals surface area contributed by atoms with Crippen LogP contribution in [0, 0.1) is 5.92 Å². The molecule has 142 valence electrons. The monoisotopic (exact) mass is 375 g/mol. The average molecular weight is 376 g/mol. The Hall–Kier alpha value is -1.82. The van der Waals surface area contributed by atoms with E-state index in [0.717, 1.165) is 37.5 Å². The molecule has 2 aliphatic rings. The van der Waals surface area contributed by atoms with Gasteiger partial charge in [0.05, 0.1) is 18.1 Å². The van der Waals surface area contributed by atoms with Crippen molar-refractivity contribution in [2.45, 2.75) is 25.7 Å². The van der Waals surface area contributed by atoms with E-state index in [1.54, 1.807) is 0 Å². The summed E-state index contributed by atoms with van der Waals surface area (Å²) in [6, 6.07) is 10.6. The standard InChI is InChI=1S/C20H29N3O2S/c1-16(2)12-21-20(22-13-17-9-11-26(24,25)15-17)23-10-8-19(14-23)18-6-4-3-5-7-18/h3-7,17,19H,1,8-15H2,2H3,(H,21,22). The molecular formula is C20H29N3O2S. The summed E-state index contributed by atoms with van der Waals surface area (Å²) in [6.07, 6.45) is 1.85. The molecule has 0 spiro atoms. The van der Waals surface area contributed by atoms with E-state index in [9.17, 15) is 8.42 Å². The van der Waals surface area contributed by atoms with Gasteiger partial charge in [-0.15, -0.1) is 0 Å². The van der Waals surface area contributed by atoms with Crippen LogP contribution in [0.2, 0.25) is 0 Å². The zero-order chi connectivity index (χ0) is 18.6. The number of hydrogen-bond donors (Lipinski definition) is 1. The van der Waals surface area contributed by atoms with Gasteiger partial charge in [-0.3, -0.25) is 0 Å². The number of hydrogen-bond acceptors (Lipinski definition) is 3. The highest BCUT2D eigenvalue weighted by Gasteiger charge is 2.30. The Bertz CT molecular complexity index is 759. The van der Waals surface area contributed by atoms with E-state index in [-0.39, 0.29) is 5.92 Å². The first-order chi connectivity index (χ1) is 12.4. The quantitative estimate of drug-likeness (QED) is 0.488. The summed E-state index contributed by atoms with van der Waals surface area (Å²) in [5.41, 5.74) is 2.39. The molecule has 0 aliphatic carbocycles. The van der Waals surface area contributed by atoms with Crippen molar-refractivity contribution in [2.24, 2.45) is 10.9 Å². The number of likely N-dealkylation sites (tertiary alicyclic amines) is 1. The number of aliphatic imine (C=N–C) groups is 1. The summed E-state index contributed by atoms with van der Waals surface area (Å²) in [5.74, 6) is 2.19.